The van der Waals surface area contributed by atoms with E-state index in [1.54, 1.807) is 0 Å². The fourth-order valence-corrected chi connectivity index (χ4v) is 3.65. The quantitative estimate of drug-likeness (QED) is 0.749. The van der Waals surface area contributed by atoms with Gasteiger partial charge in [0.25, 0.3) is 0 Å². The zero-order valence-corrected chi connectivity index (χ0v) is 13.1. The van der Waals surface area contributed by atoms with E-state index < -0.39 is 0 Å². The Morgan fingerprint density at radius 3 is 2.74 bits per heavy atom. The Morgan fingerprint density at radius 1 is 1.26 bits per heavy atom. The lowest BCUT2D eigenvalue weighted by Crippen LogP contribution is -2.49. The van der Waals surface area contributed by atoms with E-state index in [4.69, 9.17) is 4.74 Å². The van der Waals surface area contributed by atoms with Crippen molar-refractivity contribution in [1.82, 2.24) is 10.2 Å². The summed E-state index contributed by atoms with van der Waals surface area (Å²) < 4.78 is 5.72. The molecule has 2 fully saturated rings. The molecule has 0 spiro atoms. The van der Waals surface area contributed by atoms with Crippen LogP contribution in [0.3, 0.4) is 0 Å². The van der Waals surface area contributed by atoms with Gasteiger partial charge in [-0.25, -0.2) is 0 Å². The van der Waals surface area contributed by atoms with Crippen molar-refractivity contribution in [3.05, 3.63) is 0 Å². The first kappa shape index (κ1) is 15.3. The van der Waals surface area contributed by atoms with Gasteiger partial charge in [0.05, 0.1) is 6.61 Å². The Labute approximate surface area is 119 Å². The first-order valence-corrected chi connectivity index (χ1v) is 8.06. The summed E-state index contributed by atoms with van der Waals surface area (Å²) in [5.41, 5.74) is 0.859. The van der Waals surface area contributed by atoms with Crippen molar-refractivity contribution in [3.8, 4) is 0 Å². The molecule has 0 bridgehead atoms. The van der Waals surface area contributed by atoms with Crippen LogP contribution >= 0.6 is 0 Å². The Bertz CT molecular complexity index is 272. The molecule has 0 aliphatic carbocycles. The molecular formula is C16H32N2O. The van der Waals surface area contributed by atoms with E-state index in [-0.39, 0.29) is 0 Å². The van der Waals surface area contributed by atoms with Gasteiger partial charge in [-0.3, -0.25) is 0 Å². The van der Waals surface area contributed by atoms with Gasteiger partial charge in [0.15, 0.2) is 0 Å². The first-order valence-electron chi connectivity index (χ1n) is 8.06. The maximum atomic E-state index is 5.72. The molecule has 1 N–H and O–H groups in total. The second-order valence-corrected chi connectivity index (χ2v) is 7.46. The smallest absolute Gasteiger partial charge is 0.0547 e. The van der Waals surface area contributed by atoms with Gasteiger partial charge in [-0.15, -0.1) is 0 Å². The number of piperidine rings is 1. The van der Waals surface area contributed by atoms with Crippen molar-refractivity contribution in [1.29, 1.82) is 0 Å². The molecule has 0 saturated carbocycles. The lowest BCUT2D eigenvalue weighted by molar-refractivity contribution is 0.0584. The summed E-state index contributed by atoms with van der Waals surface area (Å²) in [6, 6.07) is 0. The second-order valence-electron chi connectivity index (χ2n) is 7.46. The number of rotatable bonds is 6. The molecule has 0 amide bonds. The van der Waals surface area contributed by atoms with Gasteiger partial charge in [-0.1, -0.05) is 20.8 Å². The van der Waals surface area contributed by atoms with E-state index in [0.29, 0.717) is 10.8 Å². The Kier molecular flexibility index (Phi) is 5.27. The molecule has 0 aromatic rings. The topological polar surface area (TPSA) is 24.5 Å². The molecule has 0 radical (unpaired) electrons. The molecule has 0 aromatic heterocycles. The molecule has 2 aliphatic heterocycles. The number of ether oxygens (including phenoxy) is 1. The lowest BCUT2D eigenvalue weighted by Gasteiger charge is -2.42. The second kappa shape index (κ2) is 6.55. The molecule has 3 nitrogen and oxygen atoms in total. The Hall–Kier alpha value is -0.120. The average molecular weight is 268 g/mol. The molecule has 2 aliphatic rings. The highest BCUT2D eigenvalue weighted by Gasteiger charge is 2.38. The van der Waals surface area contributed by atoms with Crippen LogP contribution in [-0.2, 0) is 4.74 Å². The van der Waals surface area contributed by atoms with Crippen LogP contribution in [0.15, 0.2) is 0 Å². The Balaban J connectivity index is 1.89. The minimum Gasteiger partial charge on any atom is -0.381 e. The van der Waals surface area contributed by atoms with Crippen LogP contribution in [0.4, 0.5) is 0 Å². The molecule has 2 saturated heterocycles. The predicted molar refractivity (Wildman–Crippen MR) is 80.5 cm³/mol. The van der Waals surface area contributed by atoms with E-state index in [2.05, 4.69) is 31.0 Å². The minimum absolute atomic E-state index is 0.364. The van der Waals surface area contributed by atoms with Crippen molar-refractivity contribution in [2.75, 3.05) is 45.9 Å². The SMILES string of the molecule is CCCNCC1(CN2CCCC(C)(C)C2)CCOC1. The summed E-state index contributed by atoms with van der Waals surface area (Å²) in [4.78, 5) is 2.69. The first-order chi connectivity index (χ1) is 9.05. The van der Waals surface area contributed by atoms with Gasteiger partial charge in [0.1, 0.15) is 0 Å². The summed E-state index contributed by atoms with van der Waals surface area (Å²) in [6.45, 7) is 14.9. The molecule has 112 valence electrons. The summed E-state index contributed by atoms with van der Waals surface area (Å²) in [5, 5.41) is 3.62. The highest BCUT2D eigenvalue weighted by Crippen LogP contribution is 2.34. The van der Waals surface area contributed by atoms with Crippen molar-refractivity contribution < 1.29 is 4.74 Å². The molecule has 2 rings (SSSR count). The normalized spacial score (nSPS) is 31.7. The van der Waals surface area contributed by atoms with Crippen molar-refractivity contribution >= 4 is 0 Å². The number of hydrogen-bond donors (Lipinski definition) is 1. The summed E-state index contributed by atoms with van der Waals surface area (Å²) in [6.07, 6.45) is 5.17. The zero-order chi connectivity index (χ0) is 13.8. The molecule has 19 heavy (non-hydrogen) atoms. The number of nitrogens with zero attached hydrogens (tertiary/aromatic N) is 1. The monoisotopic (exact) mass is 268 g/mol. The van der Waals surface area contributed by atoms with E-state index in [1.807, 2.05) is 0 Å². The van der Waals surface area contributed by atoms with Crippen LogP contribution in [0.25, 0.3) is 0 Å². The van der Waals surface area contributed by atoms with E-state index in [1.165, 1.54) is 45.3 Å². The highest BCUT2D eigenvalue weighted by atomic mass is 16.5. The molecule has 1 atom stereocenters. The predicted octanol–water partition coefficient (Wildman–Crippen LogP) is 2.51. The third-order valence-corrected chi connectivity index (χ3v) is 4.65. The van der Waals surface area contributed by atoms with Gasteiger partial charge in [0.2, 0.25) is 0 Å². The highest BCUT2D eigenvalue weighted by molar-refractivity contribution is 4.91. The third-order valence-electron chi connectivity index (χ3n) is 4.65. The van der Waals surface area contributed by atoms with Crippen LogP contribution in [0.5, 0.6) is 0 Å². The van der Waals surface area contributed by atoms with Crippen molar-refractivity contribution in [2.24, 2.45) is 10.8 Å². The third kappa shape index (κ3) is 4.44. The fraction of sp³-hybridized carbons (Fsp3) is 1.00. The van der Waals surface area contributed by atoms with Crippen LogP contribution < -0.4 is 5.32 Å². The molecule has 0 aromatic carbocycles. The van der Waals surface area contributed by atoms with Crippen molar-refractivity contribution in [2.45, 2.75) is 46.5 Å². The van der Waals surface area contributed by atoms with Crippen LogP contribution in [0, 0.1) is 10.8 Å². The summed E-state index contributed by atoms with van der Waals surface area (Å²) in [5.74, 6) is 0. The minimum atomic E-state index is 0.364. The van der Waals surface area contributed by atoms with Gasteiger partial charge in [-0.2, -0.15) is 0 Å². The van der Waals surface area contributed by atoms with Gasteiger partial charge in [-0.05, 0) is 44.2 Å². The molecule has 3 heteroatoms. The van der Waals surface area contributed by atoms with E-state index in [0.717, 1.165) is 26.3 Å². The number of hydrogen-bond acceptors (Lipinski definition) is 3. The fourth-order valence-electron chi connectivity index (χ4n) is 3.65. The largest absolute Gasteiger partial charge is 0.381 e. The van der Waals surface area contributed by atoms with Gasteiger partial charge in [0, 0.05) is 31.7 Å². The van der Waals surface area contributed by atoms with E-state index >= 15 is 0 Å². The number of nitrogens with one attached hydrogen (secondary N) is 1. The standard InChI is InChI=1S/C16H32N2O/c1-4-8-17-11-16(7-10-19-14-16)13-18-9-5-6-15(2,3)12-18/h17H,4-14H2,1-3H3. The number of likely N-dealkylation sites (tertiary alicyclic amines) is 1. The summed E-state index contributed by atoms with van der Waals surface area (Å²) >= 11 is 0. The maximum absolute atomic E-state index is 5.72. The molecular weight excluding hydrogens is 236 g/mol. The van der Waals surface area contributed by atoms with Crippen molar-refractivity contribution in [3.63, 3.8) is 0 Å². The average Bonchev–Trinajstić information content (AvgIpc) is 2.77. The van der Waals surface area contributed by atoms with Crippen LogP contribution in [0.2, 0.25) is 0 Å². The zero-order valence-electron chi connectivity index (χ0n) is 13.1. The lowest BCUT2D eigenvalue weighted by atomic mass is 9.81. The van der Waals surface area contributed by atoms with Gasteiger partial charge >= 0.3 is 0 Å². The van der Waals surface area contributed by atoms with Crippen LogP contribution in [-0.4, -0.2) is 50.8 Å². The summed E-state index contributed by atoms with van der Waals surface area (Å²) in [7, 11) is 0. The van der Waals surface area contributed by atoms with Gasteiger partial charge < -0.3 is 15.0 Å². The van der Waals surface area contributed by atoms with E-state index in [9.17, 15) is 0 Å². The van der Waals surface area contributed by atoms with Crippen LogP contribution in [0.1, 0.15) is 46.5 Å². The maximum Gasteiger partial charge on any atom is 0.0547 e. The molecule has 1 unspecified atom stereocenters. The molecule has 2 heterocycles. The Morgan fingerprint density at radius 2 is 2.11 bits per heavy atom.